The van der Waals surface area contributed by atoms with E-state index in [1.807, 2.05) is 9.58 Å². The summed E-state index contributed by atoms with van der Waals surface area (Å²) in [7, 11) is 0. The molecule has 2 atom stereocenters. The van der Waals surface area contributed by atoms with Crippen molar-refractivity contribution in [2.24, 2.45) is 5.92 Å². The fraction of sp³-hybridized carbons (Fsp3) is 0.714. The van der Waals surface area contributed by atoms with E-state index in [0.29, 0.717) is 22.9 Å². The van der Waals surface area contributed by atoms with Crippen LogP contribution < -0.4 is 5.56 Å². The molecule has 3 heterocycles. The second-order valence-corrected chi connectivity index (χ2v) is 8.75. The van der Waals surface area contributed by atoms with E-state index in [1.165, 1.54) is 19.3 Å². The van der Waals surface area contributed by atoms with Crippen LogP contribution in [0.3, 0.4) is 0 Å². The van der Waals surface area contributed by atoms with Crippen molar-refractivity contribution >= 4 is 16.9 Å². The number of hydrogen-bond acceptors (Lipinski definition) is 4. The number of nitrogens with one attached hydrogen (secondary N) is 1. The molecule has 0 aromatic carbocycles. The summed E-state index contributed by atoms with van der Waals surface area (Å²) in [4.78, 5) is 35.8. The molecule has 2 aromatic heterocycles. The Labute approximate surface area is 164 Å². The maximum Gasteiger partial charge on any atom is 0.262 e. The van der Waals surface area contributed by atoms with Crippen LogP contribution in [-0.2, 0) is 4.79 Å². The van der Waals surface area contributed by atoms with Gasteiger partial charge in [-0.15, -0.1) is 0 Å². The normalized spacial score (nSPS) is 26.4. The first-order valence-corrected chi connectivity index (χ1v) is 11.0. The first kappa shape index (κ1) is 17.9. The number of nitrogens with zero attached hydrogens (tertiary/aromatic N) is 4. The van der Waals surface area contributed by atoms with Crippen molar-refractivity contribution < 1.29 is 4.79 Å². The molecule has 1 N–H and O–H groups in total. The van der Waals surface area contributed by atoms with Crippen LogP contribution in [0.4, 0.5) is 0 Å². The molecule has 0 bridgehead atoms. The molecule has 0 spiro atoms. The lowest BCUT2D eigenvalue weighted by Gasteiger charge is -2.31. The van der Waals surface area contributed by atoms with E-state index in [0.717, 1.165) is 58.0 Å². The average molecular weight is 383 g/mol. The van der Waals surface area contributed by atoms with Crippen molar-refractivity contribution in [1.82, 2.24) is 24.6 Å². The summed E-state index contributed by atoms with van der Waals surface area (Å²) in [6.45, 7) is 1.75. The van der Waals surface area contributed by atoms with Gasteiger partial charge in [-0.2, -0.15) is 5.10 Å². The van der Waals surface area contributed by atoms with Gasteiger partial charge in [-0.05, 0) is 44.9 Å². The average Bonchev–Trinajstić information content (AvgIpc) is 3.47. The first-order chi connectivity index (χ1) is 13.7. The molecule has 1 aliphatic heterocycles. The highest BCUT2D eigenvalue weighted by Crippen LogP contribution is 2.40. The standard InChI is InChI=1S/C21H29N5O2/c27-20-17-13-22-26(14-7-2-3-8-14)19(17)23-18(24-20)15-9-6-10-16(15)21(28)25-11-4-1-5-12-25/h13-16H,1-12H2,(H,23,24,27). The van der Waals surface area contributed by atoms with Crippen LogP contribution in [-0.4, -0.2) is 43.6 Å². The lowest BCUT2D eigenvalue weighted by molar-refractivity contribution is -0.136. The number of carbonyl (C=O) groups excluding carboxylic acids is 1. The van der Waals surface area contributed by atoms with Gasteiger partial charge in [-0.3, -0.25) is 9.59 Å². The van der Waals surface area contributed by atoms with Gasteiger partial charge in [0.1, 0.15) is 11.2 Å². The predicted octanol–water partition coefficient (Wildman–Crippen LogP) is 3.13. The van der Waals surface area contributed by atoms with Crippen LogP contribution in [0.1, 0.15) is 82.0 Å². The summed E-state index contributed by atoms with van der Waals surface area (Å²) < 4.78 is 1.96. The van der Waals surface area contributed by atoms with Gasteiger partial charge in [-0.1, -0.05) is 19.3 Å². The summed E-state index contributed by atoms with van der Waals surface area (Å²) in [5, 5.41) is 5.06. The van der Waals surface area contributed by atoms with Crippen LogP contribution >= 0.6 is 0 Å². The highest BCUT2D eigenvalue weighted by molar-refractivity contribution is 5.80. The molecule has 1 amide bonds. The van der Waals surface area contributed by atoms with Gasteiger partial charge >= 0.3 is 0 Å². The minimum atomic E-state index is -0.125. The third-order valence-electron chi connectivity index (χ3n) is 7.00. The van der Waals surface area contributed by atoms with Crippen LogP contribution in [0, 0.1) is 5.92 Å². The Hall–Kier alpha value is -2.18. The van der Waals surface area contributed by atoms with Crippen LogP contribution in [0.2, 0.25) is 0 Å². The van der Waals surface area contributed by atoms with Gasteiger partial charge in [0.15, 0.2) is 5.65 Å². The Morgan fingerprint density at radius 3 is 2.57 bits per heavy atom. The lowest BCUT2D eigenvalue weighted by Crippen LogP contribution is -2.40. The van der Waals surface area contributed by atoms with E-state index in [4.69, 9.17) is 4.98 Å². The van der Waals surface area contributed by atoms with Crippen molar-refractivity contribution in [1.29, 1.82) is 0 Å². The minimum Gasteiger partial charge on any atom is -0.342 e. The van der Waals surface area contributed by atoms with Gasteiger partial charge in [0.05, 0.1) is 12.2 Å². The van der Waals surface area contributed by atoms with E-state index < -0.39 is 0 Å². The van der Waals surface area contributed by atoms with Crippen molar-refractivity contribution in [3.8, 4) is 0 Å². The van der Waals surface area contributed by atoms with E-state index in [-0.39, 0.29) is 23.3 Å². The zero-order chi connectivity index (χ0) is 19.1. The fourth-order valence-electron chi connectivity index (χ4n) is 5.48. The zero-order valence-corrected chi connectivity index (χ0v) is 16.4. The molecule has 5 rings (SSSR count). The molecule has 28 heavy (non-hydrogen) atoms. The topological polar surface area (TPSA) is 83.9 Å². The molecule has 7 heteroatoms. The largest absolute Gasteiger partial charge is 0.342 e. The van der Waals surface area contributed by atoms with E-state index in [9.17, 15) is 9.59 Å². The maximum atomic E-state index is 13.1. The Morgan fingerprint density at radius 1 is 1.00 bits per heavy atom. The summed E-state index contributed by atoms with van der Waals surface area (Å²) in [6, 6.07) is 0.342. The Bertz CT molecular complexity index is 921. The number of carbonyl (C=O) groups is 1. The molecule has 2 saturated carbocycles. The number of fused-ring (bicyclic) bond motifs is 1. The number of hydrogen-bond donors (Lipinski definition) is 1. The van der Waals surface area contributed by atoms with E-state index >= 15 is 0 Å². The summed E-state index contributed by atoms with van der Waals surface area (Å²) in [6.07, 6.45) is 12.5. The molecule has 0 radical (unpaired) electrons. The summed E-state index contributed by atoms with van der Waals surface area (Å²) in [5.41, 5.74) is 0.571. The highest BCUT2D eigenvalue weighted by atomic mass is 16.2. The summed E-state index contributed by atoms with van der Waals surface area (Å²) in [5.74, 6) is 0.902. The molecule has 2 aliphatic carbocycles. The number of likely N-dealkylation sites (tertiary alicyclic amines) is 1. The fourth-order valence-corrected chi connectivity index (χ4v) is 5.48. The number of aromatic nitrogens is 4. The number of H-pyrrole nitrogens is 1. The number of aromatic amines is 1. The molecule has 1 saturated heterocycles. The third kappa shape index (κ3) is 3.05. The second kappa shape index (κ2) is 7.33. The number of rotatable bonds is 3. The van der Waals surface area contributed by atoms with Crippen molar-refractivity contribution in [2.45, 2.75) is 76.2 Å². The molecule has 3 fully saturated rings. The predicted molar refractivity (Wildman–Crippen MR) is 106 cm³/mol. The number of amides is 1. The summed E-state index contributed by atoms with van der Waals surface area (Å²) >= 11 is 0. The smallest absolute Gasteiger partial charge is 0.262 e. The van der Waals surface area contributed by atoms with Crippen LogP contribution in [0.15, 0.2) is 11.0 Å². The molecular weight excluding hydrogens is 354 g/mol. The molecule has 150 valence electrons. The molecular formula is C21H29N5O2. The monoisotopic (exact) mass is 383 g/mol. The number of piperidine rings is 1. The molecule has 7 nitrogen and oxygen atoms in total. The van der Waals surface area contributed by atoms with Crippen LogP contribution in [0.5, 0.6) is 0 Å². The van der Waals surface area contributed by atoms with Crippen molar-refractivity contribution in [3.05, 3.63) is 22.4 Å². The van der Waals surface area contributed by atoms with Crippen molar-refractivity contribution in [3.63, 3.8) is 0 Å². The van der Waals surface area contributed by atoms with Gasteiger partial charge < -0.3 is 9.88 Å². The van der Waals surface area contributed by atoms with Gasteiger partial charge in [0, 0.05) is 24.9 Å². The van der Waals surface area contributed by atoms with Gasteiger partial charge in [0.25, 0.3) is 5.56 Å². The van der Waals surface area contributed by atoms with Crippen LogP contribution in [0.25, 0.3) is 11.0 Å². The van der Waals surface area contributed by atoms with Crippen molar-refractivity contribution in [2.75, 3.05) is 13.1 Å². The Kier molecular flexibility index (Phi) is 4.69. The van der Waals surface area contributed by atoms with E-state index in [2.05, 4.69) is 10.1 Å². The first-order valence-electron chi connectivity index (χ1n) is 11.0. The third-order valence-corrected chi connectivity index (χ3v) is 7.00. The maximum absolute atomic E-state index is 13.1. The molecule has 3 aliphatic rings. The van der Waals surface area contributed by atoms with E-state index in [1.54, 1.807) is 6.20 Å². The highest BCUT2D eigenvalue weighted by Gasteiger charge is 2.38. The molecule has 2 unspecified atom stereocenters. The van der Waals surface area contributed by atoms with Gasteiger partial charge in [-0.25, -0.2) is 9.67 Å². The molecule has 2 aromatic rings. The van der Waals surface area contributed by atoms with Gasteiger partial charge in [0.2, 0.25) is 5.91 Å². The minimum absolute atomic E-state index is 0.0125. The Balaban J connectivity index is 1.48. The quantitative estimate of drug-likeness (QED) is 0.882. The Morgan fingerprint density at radius 2 is 1.79 bits per heavy atom. The SMILES string of the molecule is O=C(C1CCCC1c1nc2c(cnn2C2CCCC2)c(=O)[nH]1)N1CCCCC1. The second-order valence-electron chi connectivity index (χ2n) is 8.75. The lowest BCUT2D eigenvalue weighted by atomic mass is 9.93. The zero-order valence-electron chi connectivity index (χ0n) is 16.4.